The van der Waals surface area contributed by atoms with Crippen LogP contribution in [0.1, 0.15) is 33.5 Å². The van der Waals surface area contributed by atoms with Gasteiger partial charge in [-0.3, -0.25) is 4.79 Å². The Morgan fingerprint density at radius 1 is 1.42 bits per heavy atom. The number of nitriles is 1. The Kier molecular flexibility index (Phi) is 5.34. The van der Waals surface area contributed by atoms with E-state index in [9.17, 15) is 10.1 Å². The van der Waals surface area contributed by atoms with E-state index in [0.29, 0.717) is 11.7 Å². The highest BCUT2D eigenvalue weighted by Crippen LogP contribution is 2.28. The van der Waals surface area contributed by atoms with Gasteiger partial charge in [0.25, 0.3) is 11.1 Å². The number of hydrogen-bond donors (Lipinski definition) is 1. The smallest absolute Gasteiger partial charge is 0.277 e. The molecule has 0 aliphatic rings. The quantitative estimate of drug-likeness (QED) is 0.799. The van der Waals surface area contributed by atoms with Gasteiger partial charge in [0.05, 0.1) is 23.1 Å². The van der Waals surface area contributed by atoms with Crippen LogP contribution in [-0.2, 0) is 4.79 Å². The van der Waals surface area contributed by atoms with Crippen LogP contribution in [0.25, 0.3) is 11.5 Å². The molecule has 2 atom stereocenters. The Balaban J connectivity index is 2.04. The number of furan rings is 1. The molecule has 24 heavy (non-hydrogen) atoms. The number of carbonyl (C=O) groups excluding carboxylic acids is 1. The lowest BCUT2D eigenvalue weighted by Gasteiger charge is -2.28. The van der Waals surface area contributed by atoms with Gasteiger partial charge in [0.1, 0.15) is 11.3 Å². The first kappa shape index (κ1) is 18.1. The normalized spacial score (nSPS) is 14.9. The van der Waals surface area contributed by atoms with Crippen LogP contribution in [0.15, 0.2) is 26.4 Å². The first-order valence-electron chi connectivity index (χ1n) is 7.54. The molecule has 2 aromatic rings. The van der Waals surface area contributed by atoms with E-state index in [0.717, 1.165) is 17.3 Å². The van der Waals surface area contributed by atoms with E-state index in [4.69, 9.17) is 8.83 Å². The van der Waals surface area contributed by atoms with Gasteiger partial charge in [-0.1, -0.05) is 25.6 Å². The van der Waals surface area contributed by atoms with Crippen molar-refractivity contribution in [3.05, 3.63) is 18.1 Å². The summed E-state index contributed by atoms with van der Waals surface area (Å²) < 4.78 is 10.8. The summed E-state index contributed by atoms with van der Waals surface area (Å²) in [4.78, 5) is 12.3. The molecule has 128 valence electrons. The van der Waals surface area contributed by atoms with E-state index in [2.05, 4.69) is 21.6 Å². The molecule has 0 bridgehead atoms. The van der Waals surface area contributed by atoms with Crippen molar-refractivity contribution in [2.24, 2.45) is 5.92 Å². The Bertz CT molecular complexity index is 761. The van der Waals surface area contributed by atoms with Gasteiger partial charge in [0.15, 0.2) is 0 Å². The standard InChI is InChI=1S/C16H20N4O3S/c1-9(2)16(5,8-17)18-13(21)11(4)24-15-20-19-14(23-15)12-6-7-22-10(12)3/h6-7,9,11H,1-5H3,(H,18,21)/t11-,16+/m1/s1. The molecule has 0 aliphatic carbocycles. The molecule has 0 unspecified atom stereocenters. The predicted molar refractivity (Wildman–Crippen MR) is 89.1 cm³/mol. The number of rotatable bonds is 6. The van der Waals surface area contributed by atoms with Gasteiger partial charge >= 0.3 is 0 Å². The molecule has 0 aliphatic heterocycles. The molecule has 0 spiro atoms. The first-order valence-corrected chi connectivity index (χ1v) is 8.42. The molecule has 0 fully saturated rings. The van der Waals surface area contributed by atoms with E-state index < -0.39 is 10.8 Å². The third-order valence-electron chi connectivity index (χ3n) is 3.91. The summed E-state index contributed by atoms with van der Waals surface area (Å²) in [6, 6.07) is 3.90. The van der Waals surface area contributed by atoms with E-state index >= 15 is 0 Å². The van der Waals surface area contributed by atoms with E-state index in [1.54, 1.807) is 33.1 Å². The number of aryl methyl sites for hydroxylation is 1. The summed E-state index contributed by atoms with van der Waals surface area (Å²) in [5.74, 6) is 0.767. The molecule has 2 rings (SSSR count). The SMILES string of the molecule is Cc1occc1-c1nnc(S[C@H](C)C(=O)N[C@@](C)(C#N)C(C)C)o1. The van der Waals surface area contributed by atoms with Gasteiger partial charge in [0.2, 0.25) is 5.91 Å². The lowest BCUT2D eigenvalue weighted by Crippen LogP contribution is -2.51. The van der Waals surface area contributed by atoms with E-state index in [1.807, 2.05) is 13.8 Å². The van der Waals surface area contributed by atoms with Crippen LogP contribution < -0.4 is 5.32 Å². The monoisotopic (exact) mass is 348 g/mol. The first-order chi connectivity index (χ1) is 11.3. The van der Waals surface area contributed by atoms with Gasteiger partial charge in [-0.2, -0.15) is 5.26 Å². The van der Waals surface area contributed by atoms with Crippen LogP contribution in [0.5, 0.6) is 0 Å². The van der Waals surface area contributed by atoms with Crippen LogP contribution in [-0.4, -0.2) is 26.9 Å². The fourth-order valence-electron chi connectivity index (χ4n) is 1.84. The molecular weight excluding hydrogens is 328 g/mol. The number of carbonyl (C=O) groups is 1. The lowest BCUT2D eigenvalue weighted by atomic mass is 9.90. The average Bonchev–Trinajstić information content (AvgIpc) is 3.15. The second-order valence-corrected chi connectivity index (χ2v) is 7.27. The zero-order chi connectivity index (χ0) is 17.9. The Morgan fingerprint density at radius 3 is 2.67 bits per heavy atom. The van der Waals surface area contributed by atoms with Gasteiger partial charge < -0.3 is 14.2 Å². The minimum atomic E-state index is -0.917. The van der Waals surface area contributed by atoms with Gasteiger partial charge in [-0.15, -0.1) is 10.2 Å². The number of nitrogens with zero attached hydrogens (tertiary/aromatic N) is 3. The fourth-order valence-corrected chi connectivity index (χ4v) is 2.52. The largest absolute Gasteiger partial charge is 0.469 e. The molecule has 0 saturated carbocycles. The van der Waals surface area contributed by atoms with Crippen molar-refractivity contribution in [1.29, 1.82) is 5.26 Å². The van der Waals surface area contributed by atoms with Crippen LogP contribution in [0.3, 0.4) is 0 Å². The summed E-state index contributed by atoms with van der Waals surface area (Å²) in [6.07, 6.45) is 1.55. The Morgan fingerprint density at radius 2 is 2.12 bits per heavy atom. The Labute approximate surface area is 144 Å². The summed E-state index contributed by atoms with van der Waals surface area (Å²) in [7, 11) is 0. The zero-order valence-electron chi connectivity index (χ0n) is 14.3. The molecule has 0 radical (unpaired) electrons. The Hall–Kier alpha value is -2.27. The van der Waals surface area contributed by atoms with Gasteiger partial charge in [-0.05, 0) is 32.8 Å². The zero-order valence-corrected chi connectivity index (χ0v) is 15.1. The minimum Gasteiger partial charge on any atom is -0.469 e. The molecule has 2 heterocycles. The van der Waals surface area contributed by atoms with Crippen LogP contribution in [0.4, 0.5) is 0 Å². The van der Waals surface area contributed by atoms with Crippen LogP contribution >= 0.6 is 11.8 Å². The lowest BCUT2D eigenvalue weighted by molar-refractivity contribution is -0.121. The summed E-state index contributed by atoms with van der Waals surface area (Å²) in [5, 5.41) is 19.8. The van der Waals surface area contributed by atoms with Crippen molar-refractivity contribution in [3.63, 3.8) is 0 Å². The second kappa shape index (κ2) is 7.09. The fraction of sp³-hybridized carbons (Fsp3) is 0.500. The summed E-state index contributed by atoms with van der Waals surface area (Å²) in [5.41, 5.74) is -0.192. The van der Waals surface area contributed by atoms with E-state index in [1.165, 1.54) is 0 Å². The summed E-state index contributed by atoms with van der Waals surface area (Å²) in [6.45, 7) is 9.01. The van der Waals surface area contributed by atoms with Crippen molar-refractivity contribution in [2.45, 2.75) is 50.6 Å². The third kappa shape index (κ3) is 3.79. The third-order valence-corrected chi connectivity index (χ3v) is 4.85. The molecule has 7 nitrogen and oxygen atoms in total. The van der Waals surface area contributed by atoms with Crippen LogP contribution in [0, 0.1) is 24.2 Å². The van der Waals surface area contributed by atoms with E-state index in [-0.39, 0.29) is 17.0 Å². The number of hydrogen-bond acceptors (Lipinski definition) is 7. The second-order valence-electron chi connectivity index (χ2n) is 5.98. The number of aromatic nitrogens is 2. The van der Waals surface area contributed by atoms with Crippen molar-refractivity contribution < 1.29 is 13.6 Å². The molecule has 0 saturated heterocycles. The molecule has 1 N–H and O–H groups in total. The highest BCUT2D eigenvalue weighted by atomic mass is 32.2. The number of nitrogens with one attached hydrogen (secondary N) is 1. The van der Waals surface area contributed by atoms with Crippen molar-refractivity contribution >= 4 is 17.7 Å². The molecular formula is C16H20N4O3S. The molecule has 8 heteroatoms. The molecule has 2 aromatic heterocycles. The van der Waals surface area contributed by atoms with Crippen molar-refractivity contribution in [2.75, 3.05) is 0 Å². The van der Waals surface area contributed by atoms with Crippen molar-refractivity contribution in [1.82, 2.24) is 15.5 Å². The predicted octanol–water partition coefficient (Wildman–Crippen LogP) is 3.17. The van der Waals surface area contributed by atoms with Gasteiger partial charge in [0, 0.05) is 0 Å². The highest BCUT2D eigenvalue weighted by molar-refractivity contribution is 8.00. The average molecular weight is 348 g/mol. The number of amides is 1. The number of thioether (sulfide) groups is 1. The topological polar surface area (TPSA) is 105 Å². The molecule has 0 aromatic carbocycles. The van der Waals surface area contributed by atoms with Crippen LogP contribution in [0.2, 0.25) is 0 Å². The summed E-state index contributed by atoms with van der Waals surface area (Å²) >= 11 is 1.15. The maximum absolute atomic E-state index is 12.3. The van der Waals surface area contributed by atoms with Gasteiger partial charge in [-0.25, -0.2) is 0 Å². The molecule has 1 amide bonds. The minimum absolute atomic E-state index is 0.0114. The van der Waals surface area contributed by atoms with Crippen molar-refractivity contribution in [3.8, 4) is 17.5 Å². The maximum Gasteiger partial charge on any atom is 0.277 e. The highest BCUT2D eigenvalue weighted by Gasteiger charge is 2.32. The maximum atomic E-state index is 12.3.